The number of unbranched alkanes of at least 4 members (excludes halogenated alkanes) is 3. The molecule has 4 aromatic heterocycles. The van der Waals surface area contributed by atoms with Crippen LogP contribution < -0.4 is 37.2 Å². The van der Waals surface area contributed by atoms with E-state index >= 15 is 0 Å². The molecule has 16 rings (SSSR count). The maximum atomic E-state index is 12.8. The van der Waals surface area contributed by atoms with Crippen LogP contribution in [0.15, 0.2) is 170 Å². The molecule has 0 unspecified atom stereocenters. The second-order valence-corrected chi connectivity index (χ2v) is 36.2. The highest BCUT2D eigenvalue weighted by Gasteiger charge is 2.35. The van der Waals surface area contributed by atoms with Gasteiger partial charge in [0.2, 0.25) is 5.91 Å². The maximum Gasteiger partial charge on any atom is 0.220 e. The number of amides is 1. The Labute approximate surface area is 757 Å². The summed E-state index contributed by atoms with van der Waals surface area (Å²) in [7, 11) is 0. The fourth-order valence-electron chi connectivity index (χ4n) is 19.9. The summed E-state index contributed by atoms with van der Waals surface area (Å²) in [5.74, 6) is 5.75. The molecule has 680 valence electrons. The van der Waals surface area contributed by atoms with Crippen molar-refractivity contribution in [2.75, 3.05) is 113 Å². The number of piperidine rings is 4. The number of anilines is 4. The van der Waals surface area contributed by atoms with E-state index in [0.717, 1.165) is 290 Å². The molecule has 4 saturated heterocycles. The van der Waals surface area contributed by atoms with Crippen LogP contribution in [-0.2, 0) is 80.1 Å². The molecular weight excluding hydrogens is 1580 g/mol. The number of benzene rings is 4. The Kier molecular flexibility index (Phi) is 38.6. The average Bonchev–Trinajstić information content (AvgIpc) is 0.831. The summed E-state index contributed by atoms with van der Waals surface area (Å²) < 4.78 is 0. The number of pyridine rings is 4. The lowest BCUT2D eigenvalue weighted by atomic mass is 9.88. The van der Waals surface area contributed by atoms with E-state index < -0.39 is 0 Å². The van der Waals surface area contributed by atoms with Crippen molar-refractivity contribution in [1.29, 1.82) is 0 Å². The quantitative estimate of drug-likeness (QED) is 0.0182. The number of aryl methyl sites for hydroxylation is 8. The van der Waals surface area contributed by atoms with E-state index in [2.05, 4.69) is 130 Å². The van der Waals surface area contributed by atoms with Gasteiger partial charge in [-0.3, -0.25) is 48.4 Å². The van der Waals surface area contributed by atoms with Gasteiger partial charge in [-0.15, -0.1) is 0 Å². The molecule has 1 amide bonds. The van der Waals surface area contributed by atoms with Crippen LogP contribution in [0.5, 0.6) is 0 Å². The van der Waals surface area contributed by atoms with Crippen LogP contribution in [0.25, 0.3) is 0 Å². The number of rotatable bonds is 35. The Balaban J connectivity index is 0.000000153. The van der Waals surface area contributed by atoms with Crippen molar-refractivity contribution < 1.29 is 28.8 Å². The Morgan fingerprint density at radius 1 is 0.331 bits per heavy atom. The van der Waals surface area contributed by atoms with Crippen LogP contribution in [0.2, 0.25) is 0 Å². The van der Waals surface area contributed by atoms with E-state index in [-0.39, 0.29) is 72.6 Å². The Bertz CT molecular complexity index is 4580. The summed E-state index contributed by atoms with van der Waals surface area (Å²) in [5.41, 5.74) is 14.3. The minimum absolute atomic E-state index is 0. The molecule has 0 spiro atoms. The van der Waals surface area contributed by atoms with Gasteiger partial charge in [-0.05, 0) is 296 Å². The molecule has 8 aromatic rings. The van der Waals surface area contributed by atoms with Gasteiger partial charge < -0.3 is 37.2 Å². The molecule has 0 bridgehead atoms. The summed E-state index contributed by atoms with van der Waals surface area (Å²) in [6.45, 7) is 20.1. The monoisotopic (exact) mass is 1720 g/mol. The Morgan fingerprint density at radius 2 is 0.606 bits per heavy atom. The molecule has 4 aromatic carbocycles. The van der Waals surface area contributed by atoms with Gasteiger partial charge >= 0.3 is 0 Å². The van der Waals surface area contributed by atoms with Gasteiger partial charge in [-0.2, -0.15) is 0 Å². The number of fused-ring (bicyclic) bond motifs is 4. The number of ketones is 5. The summed E-state index contributed by atoms with van der Waals surface area (Å²) in [6, 6.07) is 58.6. The molecule has 0 saturated carbocycles. The molecular formula is C106H145N15O6. The number of likely N-dealkylation sites (tertiary alicyclic amines) is 4. The van der Waals surface area contributed by atoms with E-state index in [4.69, 9.17) is 19.9 Å². The average molecular weight is 1730 g/mol. The van der Waals surface area contributed by atoms with E-state index in [0.29, 0.717) is 30.7 Å². The first-order valence-electron chi connectivity index (χ1n) is 48.0. The molecule has 21 nitrogen and oxygen atoms in total. The number of nitrogens with one attached hydrogen (secondary N) is 7. The predicted molar refractivity (Wildman–Crippen MR) is 514 cm³/mol. The van der Waals surface area contributed by atoms with Gasteiger partial charge in [0.15, 0.2) is 23.1 Å². The number of aromatic nitrogens is 4. The minimum atomic E-state index is -0.189. The summed E-state index contributed by atoms with van der Waals surface area (Å²) >= 11 is 0. The number of carbonyl (C=O) groups excluding carboxylic acids is 6. The van der Waals surface area contributed by atoms with Crippen molar-refractivity contribution in [3.8, 4) is 0 Å². The number of hydrogen-bond acceptors (Lipinski definition) is 20. The summed E-state index contributed by atoms with van der Waals surface area (Å²) in [4.78, 5) is 103. The van der Waals surface area contributed by atoms with Crippen molar-refractivity contribution >= 4 is 58.1 Å². The fraction of sp³-hybridized carbons (Fsp3) is 0.528. The SMILES string of the molecule is C.CC(=O)[C@@H](c1ccccc1)N1CCC(NCCCCc2ccc3c(n2)NCCC3)CC1.CC(=O)[C@H](c1ccccc1)N1CCC(C(=O)CCCCc2ccc3c(n2)NCCC3)CC1.CC(=O)[C@H](c1ccccc1)N1CCC(NC(=O)CCCc2ccc3c(n2)NCCC3)CC1.CC(=O)[C@H](c1ccccc1)N1CCC(NCCCCc2ccc3c(n2)NCCC3)CC1. The molecule has 8 aliphatic heterocycles. The number of Topliss-reactive ketones (excluding diaryl/α,β-unsaturated/α-hetero) is 5. The second-order valence-electron chi connectivity index (χ2n) is 36.2. The highest BCUT2D eigenvalue weighted by Crippen LogP contribution is 2.34. The van der Waals surface area contributed by atoms with Gasteiger partial charge in [-0.25, -0.2) is 19.9 Å². The van der Waals surface area contributed by atoms with Gasteiger partial charge in [0.25, 0.3) is 0 Å². The van der Waals surface area contributed by atoms with Crippen molar-refractivity contribution in [3.63, 3.8) is 0 Å². The van der Waals surface area contributed by atoms with Crippen molar-refractivity contribution in [2.45, 2.75) is 264 Å². The largest absolute Gasteiger partial charge is 0.370 e. The van der Waals surface area contributed by atoms with Crippen molar-refractivity contribution in [2.24, 2.45) is 5.92 Å². The maximum absolute atomic E-state index is 12.8. The third-order valence-corrected chi connectivity index (χ3v) is 26.7. The highest BCUT2D eigenvalue weighted by molar-refractivity contribution is 5.85. The standard InChI is InChI=1S/C27H35N3O2.C26H34N4O2.2C26H36N4O.CH4/c1-20(31)26(22-8-3-2-4-9-22)30-18-15-21(16-19-30)25(32)12-6-5-11-24-14-13-23-10-7-17-28-27(23)29-24;1-19(31)25(20-7-3-2-4-8-20)30-17-14-23(15-18-30)28-24(32)11-5-10-22-13-12-21-9-6-16-27-26(21)29-22;2*1-20(31)25(21-8-3-2-4-9-21)30-18-14-23(15-19-30)27-16-6-5-11-24-13-12-22-10-7-17-28-26(22)29-24;/h2-4,8-9,13-14,21,26H,5-7,10-12,15-19H2,1H3,(H,28,29);2-4,7-8,12-13,23,25H,5-6,9-11,14-18H2,1H3,(H,27,29)(H,28,32);2*2-4,8-9,12-13,23,25,27H,5-7,10-11,14-19H2,1H3,(H,28,29);1H4/t26-;3*25-;/m1110./s1. The topological polar surface area (TPSA) is 251 Å². The fourth-order valence-corrected chi connectivity index (χ4v) is 19.9. The van der Waals surface area contributed by atoms with Gasteiger partial charge in [0.1, 0.15) is 29.1 Å². The third-order valence-electron chi connectivity index (χ3n) is 26.7. The lowest BCUT2D eigenvalue weighted by molar-refractivity contribution is -0.126. The van der Waals surface area contributed by atoms with Crippen LogP contribution in [0.1, 0.15) is 261 Å². The smallest absolute Gasteiger partial charge is 0.220 e. The van der Waals surface area contributed by atoms with Gasteiger partial charge in [0.05, 0.1) is 24.2 Å². The van der Waals surface area contributed by atoms with E-state index in [1.807, 2.05) is 97.1 Å². The first-order valence-corrected chi connectivity index (χ1v) is 48.0. The van der Waals surface area contributed by atoms with Crippen LogP contribution in [0.3, 0.4) is 0 Å². The van der Waals surface area contributed by atoms with Crippen LogP contribution in [0, 0.1) is 5.92 Å². The van der Waals surface area contributed by atoms with E-state index in [1.54, 1.807) is 27.7 Å². The number of hydrogen-bond donors (Lipinski definition) is 7. The lowest BCUT2D eigenvalue weighted by Gasteiger charge is -2.37. The normalized spacial score (nSPS) is 17.9. The summed E-state index contributed by atoms with van der Waals surface area (Å²) in [6.07, 6.45) is 29.6. The highest BCUT2D eigenvalue weighted by atomic mass is 16.2. The molecule has 4 fully saturated rings. The molecule has 4 atom stereocenters. The van der Waals surface area contributed by atoms with Gasteiger partial charge in [0, 0.05) is 125 Å². The molecule has 21 heteroatoms. The molecule has 0 aliphatic carbocycles. The molecule has 8 aliphatic rings. The molecule has 12 heterocycles. The van der Waals surface area contributed by atoms with Crippen LogP contribution >= 0.6 is 0 Å². The lowest BCUT2D eigenvalue weighted by Crippen LogP contribution is -2.46. The Hall–Kier alpha value is -9.74. The second kappa shape index (κ2) is 50.9. The zero-order valence-electron chi connectivity index (χ0n) is 75.7. The molecule has 7 N–H and O–H groups in total. The van der Waals surface area contributed by atoms with E-state index in [9.17, 15) is 28.8 Å². The zero-order chi connectivity index (χ0) is 87.6. The van der Waals surface area contributed by atoms with Crippen LogP contribution in [-0.4, -0.2) is 184 Å². The van der Waals surface area contributed by atoms with Crippen LogP contribution in [0.4, 0.5) is 23.3 Å². The summed E-state index contributed by atoms with van der Waals surface area (Å²) in [5, 5.41) is 24.3. The number of carbonyl (C=O) groups is 6. The van der Waals surface area contributed by atoms with Gasteiger partial charge in [-0.1, -0.05) is 153 Å². The minimum Gasteiger partial charge on any atom is -0.370 e. The van der Waals surface area contributed by atoms with E-state index in [1.165, 1.54) is 65.7 Å². The molecule has 127 heavy (non-hydrogen) atoms. The van der Waals surface area contributed by atoms with Crippen molar-refractivity contribution in [1.82, 2.24) is 55.5 Å². The predicted octanol–water partition coefficient (Wildman–Crippen LogP) is 17.4. The first kappa shape index (κ1) is 96.3. The number of nitrogens with zero attached hydrogens (tertiary/aromatic N) is 8. The Morgan fingerprint density at radius 3 is 0.906 bits per heavy atom. The van der Waals surface area contributed by atoms with Crippen molar-refractivity contribution in [3.05, 3.63) is 237 Å². The third kappa shape index (κ3) is 29.4. The first-order chi connectivity index (χ1) is 61.6. The zero-order valence-corrected chi connectivity index (χ0v) is 75.7. The molecule has 0 radical (unpaired) electrons.